The van der Waals surface area contributed by atoms with Crippen molar-refractivity contribution in [1.82, 2.24) is 0 Å². The van der Waals surface area contributed by atoms with Crippen LogP contribution in [0.4, 0.5) is 0 Å². The minimum absolute atomic E-state index is 0.568. The molecule has 1 aliphatic rings. The summed E-state index contributed by atoms with van der Waals surface area (Å²) >= 11 is 0. The summed E-state index contributed by atoms with van der Waals surface area (Å²) < 4.78 is 0. The van der Waals surface area contributed by atoms with E-state index in [1.807, 2.05) is 0 Å². The molecular formula is C20H36O2. The summed E-state index contributed by atoms with van der Waals surface area (Å²) in [5.74, 6) is 0. The Bertz CT molecular complexity index is 294. The fourth-order valence-electron chi connectivity index (χ4n) is 3.37. The van der Waals surface area contributed by atoms with Gasteiger partial charge in [0.2, 0.25) is 0 Å². The average molecular weight is 309 g/mol. The molecule has 2 N–H and O–H groups in total. The smallest absolute Gasteiger partial charge is 0.0826 e. The molecule has 0 spiro atoms. The van der Waals surface area contributed by atoms with Gasteiger partial charge in [0.25, 0.3) is 0 Å². The van der Waals surface area contributed by atoms with Crippen LogP contribution in [0.15, 0.2) is 25.3 Å². The first kappa shape index (κ1) is 19.4. The van der Waals surface area contributed by atoms with E-state index in [9.17, 15) is 10.2 Å². The van der Waals surface area contributed by atoms with E-state index in [1.54, 1.807) is 12.2 Å². The lowest BCUT2D eigenvalue weighted by Crippen LogP contribution is -2.32. The molecule has 0 saturated heterocycles. The Labute approximate surface area is 137 Å². The lowest BCUT2D eigenvalue weighted by molar-refractivity contribution is 0.0174. The molecule has 0 aromatic heterocycles. The van der Waals surface area contributed by atoms with Crippen molar-refractivity contribution in [2.75, 3.05) is 0 Å². The van der Waals surface area contributed by atoms with E-state index in [0.29, 0.717) is 12.8 Å². The van der Waals surface area contributed by atoms with Gasteiger partial charge in [0.15, 0.2) is 0 Å². The van der Waals surface area contributed by atoms with E-state index in [2.05, 4.69) is 13.2 Å². The average Bonchev–Trinajstić information content (AvgIpc) is 2.53. The van der Waals surface area contributed by atoms with Crippen molar-refractivity contribution in [3.63, 3.8) is 0 Å². The van der Waals surface area contributed by atoms with Crippen LogP contribution in [0.3, 0.4) is 0 Å². The predicted molar refractivity (Wildman–Crippen MR) is 94.9 cm³/mol. The summed E-state index contributed by atoms with van der Waals surface area (Å²) in [6.07, 6.45) is 18.3. The van der Waals surface area contributed by atoms with Gasteiger partial charge in [-0.15, -0.1) is 13.2 Å². The van der Waals surface area contributed by atoms with Crippen LogP contribution in [0.25, 0.3) is 0 Å². The zero-order valence-electron chi connectivity index (χ0n) is 14.4. The molecule has 1 fully saturated rings. The van der Waals surface area contributed by atoms with Crippen molar-refractivity contribution in [1.29, 1.82) is 0 Å². The molecule has 128 valence electrons. The van der Waals surface area contributed by atoms with Crippen LogP contribution in [0, 0.1) is 0 Å². The molecule has 22 heavy (non-hydrogen) atoms. The van der Waals surface area contributed by atoms with Crippen LogP contribution in [0.5, 0.6) is 0 Å². The van der Waals surface area contributed by atoms with Gasteiger partial charge in [0.05, 0.1) is 11.2 Å². The molecule has 0 bridgehead atoms. The summed E-state index contributed by atoms with van der Waals surface area (Å²) in [5.41, 5.74) is -1.68. The Kier molecular flexibility index (Phi) is 9.04. The molecule has 0 aliphatic heterocycles. The largest absolute Gasteiger partial charge is 0.386 e. The quantitative estimate of drug-likeness (QED) is 0.680. The van der Waals surface area contributed by atoms with E-state index in [1.165, 1.54) is 51.4 Å². The summed E-state index contributed by atoms with van der Waals surface area (Å²) in [6, 6.07) is 0. The minimum Gasteiger partial charge on any atom is -0.386 e. The van der Waals surface area contributed by atoms with Crippen molar-refractivity contribution in [3.8, 4) is 0 Å². The van der Waals surface area contributed by atoms with E-state index >= 15 is 0 Å². The van der Waals surface area contributed by atoms with Crippen LogP contribution >= 0.6 is 0 Å². The van der Waals surface area contributed by atoms with E-state index in [0.717, 1.165) is 25.7 Å². The molecule has 0 heterocycles. The summed E-state index contributed by atoms with van der Waals surface area (Å²) in [5, 5.41) is 21.3. The standard InChI is InChI=1S/C20H36O2/c1-3-19(21)15-13-11-9-7-5-6-8-10-12-14-16-20(22,4-2)18-17-19/h3-4,21-22H,1-2,5-18H2. The van der Waals surface area contributed by atoms with Crippen molar-refractivity contribution >= 4 is 0 Å². The van der Waals surface area contributed by atoms with Crippen LogP contribution in [-0.2, 0) is 0 Å². The number of rotatable bonds is 2. The van der Waals surface area contributed by atoms with Crippen LogP contribution in [-0.4, -0.2) is 21.4 Å². The third kappa shape index (κ3) is 7.60. The van der Waals surface area contributed by atoms with Crippen LogP contribution < -0.4 is 0 Å². The van der Waals surface area contributed by atoms with Gasteiger partial charge < -0.3 is 10.2 Å². The Hall–Kier alpha value is -0.600. The van der Waals surface area contributed by atoms with Gasteiger partial charge in [-0.2, -0.15) is 0 Å². The SMILES string of the molecule is C=CC1(O)CCCCCCCCCCCCC(O)(C=C)CC1. The third-order valence-corrected chi connectivity index (χ3v) is 5.22. The number of hydrogen-bond acceptors (Lipinski definition) is 2. The van der Waals surface area contributed by atoms with Gasteiger partial charge in [0, 0.05) is 0 Å². The second-order valence-corrected chi connectivity index (χ2v) is 7.15. The second-order valence-electron chi connectivity index (χ2n) is 7.15. The zero-order valence-corrected chi connectivity index (χ0v) is 14.4. The fourth-order valence-corrected chi connectivity index (χ4v) is 3.37. The maximum Gasteiger partial charge on any atom is 0.0826 e. The summed E-state index contributed by atoms with van der Waals surface area (Å²) in [7, 11) is 0. The predicted octanol–water partition coefficient (Wildman–Crippen LogP) is 5.30. The highest BCUT2D eigenvalue weighted by atomic mass is 16.3. The normalized spacial score (nSPS) is 33.9. The first-order chi connectivity index (χ1) is 10.5. The van der Waals surface area contributed by atoms with Gasteiger partial charge in [-0.1, -0.05) is 76.4 Å². The molecule has 2 atom stereocenters. The highest BCUT2D eigenvalue weighted by molar-refractivity contribution is 5.01. The van der Waals surface area contributed by atoms with Gasteiger partial charge in [-0.25, -0.2) is 0 Å². The first-order valence-corrected chi connectivity index (χ1v) is 9.26. The minimum atomic E-state index is -0.839. The molecule has 2 heteroatoms. The van der Waals surface area contributed by atoms with Crippen molar-refractivity contribution in [3.05, 3.63) is 25.3 Å². The maximum atomic E-state index is 10.7. The summed E-state index contributed by atoms with van der Waals surface area (Å²) in [4.78, 5) is 0. The zero-order chi connectivity index (χ0) is 16.3. The Morgan fingerprint density at radius 3 is 1.05 bits per heavy atom. The Morgan fingerprint density at radius 2 is 0.773 bits per heavy atom. The molecule has 1 saturated carbocycles. The monoisotopic (exact) mass is 308 g/mol. The summed E-state index contributed by atoms with van der Waals surface area (Å²) in [6.45, 7) is 7.60. The molecule has 0 radical (unpaired) electrons. The highest BCUT2D eigenvalue weighted by Gasteiger charge is 2.29. The van der Waals surface area contributed by atoms with E-state index in [4.69, 9.17) is 0 Å². The Morgan fingerprint density at radius 1 is 0.500 bits per heavy atom. The second kappa shape index (κ2) is 10.2. The van der Waals surface area contributed by atoms with Gasteiger partial charge in [-0.05, 0) is 25.7 Å². The van der Waals surface area contributed by atoms with Gasteiger partial charge in [-0.3, -0.25) is 0 Å². The molecule has 2 unspecified atom stereocenters. The maximum absolute atomic E-state index is 10.7. The van der Waals surface area contributed by atoms with Crippen LogP contribution in [0.2, 0.25) is 0 Å². The van der Waals surface area contributed by atoms with Crippen LogP contribution in [0.1, 0.15) is 89.9 Å². The Balaban J connectivity index is 2.59. The van der Waals surface area contributed by atoms with Crippen molar-refractivity contribution < 1.29 is 10.2 Å². The number of aliphatic hydroxyl groups is 2. The molecule has 0 aromatic carbocycles. The third-order valence-electron chi connectivity index (χ3n) is 5.22. The van der Waals surface area contributed by atoms with E-state index < -0.39 is 11.2 Å². The topological polar surface area (TPSA) is 40.5 Å². The highest BCUT2D eigenvalue weighted by Crippen LogP contribution is 2.30. The lowest BCUT2D eigenvalue weighted by Gasteiger charge is -2.31. The lowest BCUT2D eigenvalue weighted by atomic mass is 9.83. The first-order valence-electron chi connectivity index (χ1n) is 9.26. The van der Waals surface area contributed by atoms with Crippen molar-refractivity contribution in [2.45, 2.75) is 101 Å². The van der Waals surface area contributed by atoms with E-state index in [-0.39, 0.29) is 0 Å². The molecule has 2 nitrogen and oxygen atoms in total. The molecular weight excluding hydrogens is 272 g/mol. The molecule has 1 aliphatic carbocycles. The molecule has 1 rings (SSSR count). The number of hydrogen-bond donors (Lipinski definition) is 2. The fraction of sp³-hybridized carbons (Fsp3) is 0.800. The van der Waals surface area contributed by atoms with Gasteiger partial charge in [0.1, 0.15) is 0 Å². The molecule has 0 amide bonds. The van der Waals surface area contributed by atoms with Crippen molar-refractivity contribution in [2.24, 2.45) is 0 Å². The van der Waals surface area contributed by atoms with Gasteiger partial charge >= 0.3 is 0 Å². The molecule has 0 aromatic rings.